The highest BCUT2D eigenvalue weighted by Gasteiger charge is 2.17. The topological polar surface area (TPSA) is 51.8 Å². The number of para-hydroxylation sites is 1. The molecule has 0 fully saturated rings. The van der Waals surface area contributed by atoms with E-state index in [2.05, 4.69) is 103 Å². The second-order valence-electron chi connectivity index (χ2n) is 13.2. The molecule has 0 aliphatic carbocycles. The molecule has 0 N–H and O–H groups in total. The van der Waals surface area contributed by atoms with E-state index in [1.165, 1.54) is 52.8 Å². The predicted molar refractivity (Wildman–Crippen MR) is 217 cm³/mol. The van der Waals surface area contributed by atoms with Gasteiger partial charge in [-0.25, -0.2) is 15.0 Å². The van der Waals surface area contributed by atoms with E-state index in [4.69, 9.17) is 19.4 Å². The number of thiophene rings is 1. The number of nitrogens with zero attached hydrogens (tertiary/aromatic N) is 3. The van der Waals surface area contributed by atoms with E-state index in [0.717, 1.165) is 38.6 Å². The standard InChI is InChI=1S/C47H27N3OS/c1-3-10-28(11-4-1)34-15-9-16-36-37-24-22-30-20-18-29-19-21-32(26-38(29)42(30)44(37)52-43(34)36)46-48-45(31-12-5-2-6-13-31)49-47(50-46)33-23-25-41-39(27-33)35-14-7-8-17-40(35)51-41/h1-27H. The van der Waals surface area contributed by atoms with Gasteiger partial charge in [0, 0.05) is 53.0 Å². The van der Waals surface area contributed by atoms with Crippen LogP contribution in [-0.2, 0) is 0 Å². The molecule has 0 spiro atoms. The summed E-state index contributed by atoms with van der Waals surface area (Å²) in [5, 5.41) is 9.51. The minimum Gasteiger partial charge on any atom is -0.456 e. The summed E-state index contributed by atoms with van der Waals surface area (Å²) in [6, 6.07) is 57.4. The molecule has 0 saturated heterocycles. The average molecular weight is 682 g/mol. The van der Waals surface area contributed by atoms with E-state index in [1.807, 2.05) is 72.0 Å². The summed E-state index contributed by atoms with van der Waals surface area (Å²) in [5.74, 6) is 1.89. The molecule has 4 nitrogen and oxygen atoms in total. The van der Waals surface area contributed by atoms with Crippen molar-refractivity contribution in [1.29, 1.82) is 0 Å². The summed E-state index contributed by atoms with van der Waals surface area (Å²) in [5.41, 5.74) is 6.99. The summed E-state index contributed by atoms with van der Waals surface area (Å²) in [4.78, 5) is 15.3. The van der Waals surface area contributed by atoms with Gasteiger partial charge in [-0.1, -0.05) is 133 Å². The van der Waals surface area contributed by atoms with Crippen molar-refractivity contribution >= 4 is 75.0 Å². The number of fused-ring (bicyclic) bond motifs is 10. The van der Waals surface area contributed by atoms with Gasteiger partial charge >= 0.3 is 0 Å². The molecule has 242 valence electrons. The Morgan fingerprint density at radius 2 is 0.942 bits per heavy atom. The first-order chi connectivity index (χ1) is 25.7. The zero-order valence-electron chi connectivity index (χ0n) is 27.7. The van der Waals surface area contributed by atoms with Crippen LogP contribution in [0.5, 0.6) is 0 Å². The second-order valence-corrected chi connectivity index (χ2v) is 14.2. The molecular weight excluding hydrogens is 655 g/mol. The van der Waals surface area contributed by atoms with Crippen molar-refractivity contribution in [2.45, 2.75) is 0 Å². The molecule has 0 aliphatic heterocycles. The third-order valence-corrected chi connectivity index (χ3v) is 11.4. The van der Waals surface area contributed by atoms with E-state index in [1.54, 1.807) is 0 Å². The van der Waals surface area contributed by atoms with Gasteiger partial charge in [-0.3, -0.25) is 0 Å². The van der Waals surface area contributed by atoms with Crippen molar-refractivity contribution in [3.8, 4) is 45.3 Å². The third-order valence-electron chi connectivity index (χ3n) is 10.1. The van der Waals surface area contributed by atoms with Crippen LogP contribution in [0.15, 0.2) is 168 Å². The van der Waals surface area contributed by atoms with Crippen molar-refractivity contribution in [3.05, 3.63) is 164 Å². The normalized spacial score (nSPS) is 11.8. The second kappa shape index (κ2) is 11.4. The van der Waals surface area contributed by atoms with Crippen molar-refractivity contribution < 1.29 is 4.42 Å². The minimum atomic E-state index is 0.620. The molecule has 0 bridgehead atoms. The number of furan rings is 1. The quantitative estimate of drug-likeness (QED) is 0.174. The van der Waals surface area contributed by atoms with Crippen molar-refractivity contribution in [2.24, 2.45) is 0 Å². The van der Waals surface area contributed by atoms with Crippen LogP contribution in [0.4, 0.5) is 0 Å². The van der Waals surface area contributed by atoms with E-state index in [0.29, 0.717) is 17.5 Å². The molecule has 0 atom stereocenters. The Morgan fingerprint density at radius 1 is 0.365 bits per heavy atom. The van der Waals surface area contributed by atoms with Crippen LogP contribution in [0.25, 0.3) is 109 Å². The molecule has 11 rings (SSSR count). The Bertz CT molecular complexity index is 3180. The largest absolute Gasteiger partial charge is 0.456 e. The molecule has 3 heterocycles. The monoisotopic (exact) mass is 681 g/mol. The fourth-order valence-electron chi connectivity index (χ4n) is 7.59. The van der Waals surface area contributed by atoms with Gasteiger partial charge < -0.3 is 4.42 Å². The molecule has 5 heteroatoms. The SMILES string of the molecule is c1ccc(-c2nc(-c3ccc4oc5ccccc5c4c3)nc(-c3ccc4ccc5ccc6c7cccc(-c8ccccc8)c7sc6c5c4c3)n2)cc1. The number of hydrogen-bond acceptors (Lipinski definition) is 5. The summed E-state index contributed by atoms with van der Waals surface area (Å²) in [7, 11) is 0. The number of aromatic nitrogens is 3. The molecule has 52 heavy (non-hydrogen) atoms. The van der Waals surface area contributed by atoms with Crippen LogP contribution in [0.3, 0.4) is 0 Å². The van der Waals surface area contributed by atoms with Gasteiger partial charge in [0.1, 0.15) is 11.2 Å². The van der Waals surface area contributed by atoms with Crippen LogP contribution < -0.4 is 0 Å². The zero-order valence-corrected chi connectivity index (χ0v) is 28.6. The molecular formula is C47H27N3OS. The Balaban J connectivity index is 1.14. The van der Waals surface area contributed by atoms with Gasteiger partial charge in [-0.2, -0.15) is 0 Å². The lowest BCUT2D eigenvalue weighted by molar-refractivity contribution is 0.669. The Labute approximate surface area is 302 Å². The maximum Gasteiger partial charge on any atom is 0.164 e. The lowest BCUT2D eigenvalue weighted by atomic mass is 9.97. The third kappa shape index (κ3) is 4.57. The lowest BCUT2D eigenvalue weighted by Crippen LogP contribution is -2.00. The fraction of sp³-hybridized carbons (Fsp3) is 0. The van der Waals surface area contributed by atoms with Crippen molar-refractivity contribution in [3.63, 3.8) is 0 Å². The molecule has 3 aromatic heterocycles. The van der Waals surface area contributed by atoms with Gasteiger partial charge in [0.05, 0.1) is 0 Å². The van der Waals surface area contributed by atoms with Crippen molar-refractivity contribution in [2.75, 3.05) is 0 Å². The smallest absolute Gasteiger partial charge is 0.164 e. The summed E-state index contributed by atoms with van der Waals surface area (Å²) in [6.07, 6.45) is 0. The van der Waals surface area contributed by atoms with Crippen LogP contribution in [-0.4, -0.2) is 15.0 Å². The fourth-order valence-corrected chi connectivity index (χ4v) is 9.00. The first-order valence-corrected chi connectivity index (χ1v) is 18.2. The Kier molecular flexibility index (Phi) is 6.39. The summed E-state index contributed by atoms with van der Waals surface area (Å²) in [6.45, 7) is 0. The van der Waals surface area contributed by atoms with Crippen LogP contribution >= 0.6 is 11.3 Å². The first-order valence-electron chi connectivity index (χ1n) is 17.3. The minimum absolute atomic E-state index is 0.620. The van der Waals surface area contributed by atoms with Crippen LogP contribution in [0, 0.1) is 0 Å². The van der Waals surface area contributed by atoms with Gasteiger partial charge in [-0.15, -0.1) is 11.3 Å². The van der Waals surface area contributed by atoms with Gasteiger partial charge in [0.2, 0.25) is 0 Å². The molecule has 0 aliphatic rings. The number of benzene rings is 8. The van der Waals surface area contributed by atoms with E-state index >= 15 is 0 Å². The van der Waals surface area contributed by atoms with E-state index < -0.39 is 0 Å². The highest BCUT2D eigenvalue weighted by atomic mass is 32.1. The first kappa shape index (κ1) is 29.1. The molecule has 11 aromatic rings. The molecule has 0 saturated carbocycles. The van der Waals surface area contributed by atoms with E-state index in [9.17, 15) is 0 Å². The maximum absolute atomic E-state index is 6.13. The van der Waals surface area contributed by atoms with Crippen molar-refractivity contribution in [1.82, 2.24) is 15.0 Å². The average Bonchev–Trinajstić information content (AvgIpc) is 3.79. The summed E-state index contributed by atoms with van der Waals surface area (Å²) >= 11 is 1.88. The van der Waals surface area contributed by atoms with Gasteiger partial charge in [-0.05, 0) is 57.6 Å². The Morgan fingerprint density at radius 3 is 1.75 bits per heavy atom. The van der Waals surface area contributed by atoms with Gasteiger partial charge in [0.15, 0.2) is 17.5 Å². The predicted octanol–water partition coefficient (Wildman–Crippen LogP) is 13.1. The number of hydrogen-bond donors (Lipinski definition) is 0. The van der Waals surface area contributed by atoms with Crippen LogP contribution in [0.1, 0.15) is 0 Å². The molecule has 0 amide bonds. The Hall–Kier alpha value is -6.69. The lowest BCUT2D eigenvalue weighted by Gasteiger charge is -2.10. The van der Waals surface area contributed by atoms with Gasteiger partial charge in [0.25, 0.3) is 0 Å². The molecule has 0 unspecified atom stereocenters. The zero-order chi connectivity index (χ0) is 34.2. The number of rotatable bonds is 4. The maximum atomic E-state index is 6.13. The molecule has 8 aromatic carbocycles. The highest BCUT2D eigenvalue weighted by Crippen LogP contribution is 2.45. The summed E-state index contributed by atoms with van der Waals surface area (Å²) < 4.78 is 8.73. The van der Waals surface area contributed by atoms with Crippen LogP contribution in [0.2, 0.25) is 0 Å². The van der Waals surface area contributed by atoms with E-state index in [-0.39, 0.29) is 0 Å². The molecule has 0 radical (unpaired) electrons. The highest BCUT2D eigenvalue weighted by molar-refractivity contribution is 7.27.